The normalized spacial score (nSPS) is 10.8. The van der Waals surface area contributed by atoms with Crippen molar-refractivity contribution in [1.82, 2.24) is 0 Å². The van der Waals surface area contributed by atoms with Crippen LogP contribution in [0.1, 0.15) is 10.4 Å². The van der Waals surface area contributed by atoms with Crippen LogP contribution < -0.4 is 20.1 Å². The van der Waals surface area contributed by atoms with Crippen LogP contribution in [-0.4, -0.2) is 32.2 Å². The predicted molar refractivity (Wildman–Crippen MR) is 88.6 cm³/mol. The lowest BCUT2D eigenvalue weighted by Crippen LogP contribution is -2.29. The van der Waals surface area contributed by atoms with E-state index in [1.807, 2.05) is 0 Å². The van der Waals surface area contributed by atoms with Crippen molar-refractivity contribution in [1.29, 1.82) is 0 Å². The van der Waals surface area contributed by atoms with E-state index < -0.39 is 18.0 Å². The number of nitrogens with one attached hydrogen (secondary N) is 2. The highest BCUT2D eigenvalue weighted by molar-refractivity contribution is 6.08. The molecule has 6 nitrogen and oxygen atoms in total. The third kappa shape index (κ3) is 4.44. The monoisotopic (exact) mass is 368 g/mol. The van der Waals surface area contributed by atoms with E-state index in [4.69, 9.17) is 9.47 Å². The lowest BCUT2D eigenvalue weighted by molar-refractivity contribution is -0.167. The SMILES string of the molecule is COc1cccc(OC)c1C(=O)Nc1ccc(NC(=O)C(F)(F)F)cc1. The first-order valence-corrected chi connectivity index (χ1v) is 7.27. The molecule has 138 valence electrons. The summed E-state index contributed by atoms with van der Waals surface area (Å²) in [6, 6.07) is 10.0. The van der Waals surface area contributed by atoms with Crippen molar-refractivity contribution < 1.29 is 32.2 Å². The molecule has 0 unspecified atom stereocenters. The first kappa shape index (κ1) is 19.1. The highest BCUT2D eigenvalue weighted by atomic mass is 19.4. The minimum absolute atomic E-state index is 0.0554. The van der Waals surface area contributed by atoms with Crippen LogP contribution >= 0.6 is 0 Å². The van der Waals surface area contributed by atoms with Gasteiger partial charge in [-0.3, -0.25) is 9.59 Å². The van der Waals surface area contributed by atoms with E-state index in [9.17, 15) is 22.8 Å². The molecule has 2 amide bonds. The van der Waals surface area contributed by atoms with E-state index in [1.54, 1.807) is 23.5 Å². The number of methoxy groups -OCH3 is 2. The molecule has 0 heterocycles. The second-order valence-electron chi connectivity index (χ2n) is 5.02. The van der Waals surface area contributed by atoms with Gasteiger partial charge in [0.15, 0.2) is 0 Å². The maximum atomic E-state index is 12.5. The standard InChI is InChI=1S/C17H15F3N2O4/c1-25-12-4-3-5-13(26-2)14(12)15(23)21-10-6-8-11(9-7-10)22-16(24)17(18,19)20/h3-9H,1-2H3,(H,21,23)(H,22,24). The van der Waals surface area contributed by atoms with Crippen LogP contribution in [0.25, 0.3) is 0 Å². The van der Waals surface area contributed by atoms with Crippen molar-refractivity contribution in [2.75, 3.05) is 24.9 Å². The largest absolute Gasteiger partial charge is 0.496 e. The number of anilines is 2. The van der Waals surface area contributed by atoms with Gasteiger partial charge in [0.1, 0.15) is 17.1 Å². The van der Waals surface area contributed by atoms with E-state index in [-0.39, 0.29) is 11.3 Å². The minimum atomic E-state index is -4.98. The summed E-state index contributed by atoms with van der Waals surface area (Å²) in [5, 5.41) is 4.30. The molecule has 9 heteroatoms. The Bertz CT molecular complexity index is 782. The summed E-state index contributed by atoms with van der Waals surface area (Å²) < 4.78 is 47.0. The first-order valence-electron chi connectivity index (χ1n) is 7.27. The topological polar surface area (TPSA) is 76.7 Å². The van der Waals surface area contributed by atoms with Crippen LogP contribution in [0.15, 0.2) is 42.5 Å². The van der Waals surface area contributed by atoms with E-state index >= 15 is 0 Å². The number of carbonyl (C=O) groups excluding carboxylic acids is 2. The second-order valence-corrected chi connectivity index (χ2v) is 5.02. The van der Waals surface area contributed by atoms with Gasteiger partial charge in [0.2, 0.25) is 0 Å². The van der Waals surface area contributed by atoms with E-state index in [1.165, 1.54) is 38.5 Å². The molecule has 26 heavy (non-hydrogen) atoms. The number of rotatable bonds is 5. The fourth-order valence-electron chi connectivity index (χ4n) is 2.11. The van der Waals surface area contributed by atoms with Crippen molar-refractivity contribution >= 4 is 23.2 Å². The van der Waals surface area contributed by atoms with Gasteiger partial charge in [-0.15, -0.1) is 0 Å². The molecule has 0 aliphatic heterocycles. The summed E-state index contributed by atoms with van der Waals surface area (Å²) in [5.74, 6) is -1.99. The molecule has 0 fully saturated rings. The summed E-state index contributed by atoms with van der Waals surface area (Å²) in [6.07, 6.45) is -4.98. The highest BCUT2D eigenvalue weighted by Gasteiger charge is 2.38. The van der Waals surface area contributed by atoms with Crippen molar-refractivity contribution in [2.24, 2.45) is 0 Å². The molecule has 2 N–H and O–H groups in total. The summed E-state index contributed by atoms with van der Waals surface area (Å²) in [7, 11) is 2.81. The van der Waals surface area contributed by atoms with Gasteiger partial charge in [0, 0.05) is 11.4 Å². The number of hydrogen-bond acceptors (Lipinski definition) is 4. The lowest BCUT2D eigenvalue weighted by atomic mass is 10.1. The quantitative estimate of drug-likeness (QED) is 0.848. The summed E-state index contributed by atoms with van der Waals surface area (Å²) >= 11 is 0. The molecular formula is C17H15F3N2O4. The molecule has 0 aromatic heterocycles. The minimum Gasteiger partial charge on any atom is -0.496 e. The van der Waals surface area contributed by atoms with Crippen molar-refractivity contribution in [3.8, 4) is 11.5 Å². The fraction of sp³-hybridized carbons (Fsp3) is 0.176. The molecule has 0 radical (unpaired) electrons. The highest BCUT2D eigenvalue weighted by Crippen LogP contribution is 2.29. The van der Waals surface area contributed by atoms with Crippen molar-refractivity contribution in [3.05, 3.63) is 48.0 Å². The Labute approximate surface area is 146 Å². The average molecular weight is 368 g/mol. The van der Waals surface area contributed by atoms with Gasteiger partial charge in [-0.2, -0.15) is 13.2 Å². The Hall–Kier alpha value is -3.23. The van der Waals surface area contributed by atoms with Gasteiger partial charge in [-0.05, 0) is 36.4 Å². The maximum absolute atomic E-state index is 12.5. The summed E-state index contributed by atoms with van der Waals surface area (Å²) in [5.41, 5.74) is 0.431. The van der Waals surface area contributed by atoms with Crippen LogP contribution in [0.5, 0.6) is 11.5 Å². The first-order chi connectivity index (χ1) is 12.3. The van der Waals surface area contributed by atoms with Crippen LogP contribution in [-0.2, 0) is 4.79 Å². The smallest absolute Gasteiger partial charge is 0.471 e. The molecule has 0 bridgehead atoms. The van der Waals surface area contributed by atoms with E-state index in [0.29, 0.717) is 17.2 Å². The Kier molecular flexibility index (Phi) is 5.71. The Morgan fingerprint density at radius 1 is 0.846 bits per heavy atom. The molecule has 2 aromatic rings. The average Bonchev–Trinajstić information content (AvgIpc) is 2.61. The summed E-state index contributed by atoms with van der Waals surface area (Å²) in [4.78, 5) is 23.4. The molecular weight excluding hydrogens is 353 g/mol. The summed E-state index contributed by atoms with van der Waals surface area (Å²) in [6.45, 7) is 0. The molecule has 0 atom stereocenters. The third-order valence-corrected chi connectivity index (χ3v) is 3.31. The van der Waals surface area contributed by atoms with Gasteiger partial charge < -0.3 is 20.1 Å². The van der Waals surface area contributed by atoms with Gasteiger partial charge in [0.05, 0.1) is 14.2 Å². The number of hydrogen-bond donors (Lipinski definition) is 2. The zero-order valence-electron chi connectivity index (χ0n) is 13.8. The van der Waals surface area contributed by atoms with Crippen molar-refractivity contribution in [3.63, 3.8) is 0 Å². The zero-order chi connectivity index (χ0) is 19.3. The number of amides is 2. The number of alkyl halides is 3. The third-order valence-electron chi connectivity index (χ3n) is 3.31. The van der Waals surface area contributed by atoms with Gasteiger partial charge in [0.25, 0.3) is 5.91 Å². The van der Waals surface area contributed by atoms with Gasteiger partial charge in [-0.25, -0.2) is 0 Å². The predicted octanol–water partition coefficient (Wildman–Crippen LogP) is 3.46. The lowest BCUT2D eigenvalue weighted by Gasteiger charge is -2.13. The maximum Gasteiger partial charge on any atom is 0.471 e. The Morgan fingerprint density at radius 2 is 1.31 bits per heavy atom. The molecule has 0 spiro atoms. The van der Waals surface area contributed by atoms with Gasteiger partial charge >= 0.3 is 12.1 Å². The molecule has 0 saturated carbocycles. The number of ether oxygens (including phenoxy) is 2. The van der Waals surface area contributed by atoms with Crippen LogP contribution in [0.4, 0.5) is 24.5 Å². The fourth-order valence-corrected chi connectivity index (χ4v) is 2.11. The molecule has 0 aliphatic rings. The number of carbonyl (C=O) groups is 2. The number of benzene rings is 2. The van der Waals surface area contributed by atoms with Crippen LogP contribution in [0.3, 0.4) is 0 Å². The molecule has 2 aromatic carbocycles. The van der Waals surface area contributed by atoms with E-state index in [2.05, 4.69) is 5.32 Å². The Morgan fingerprint density at radius 3 is 1.73 bits per heavy atom. The second kappa shape index (κ2) is 7.77. The van der Waals surface area contributed by atoms with Crippen LogP contribution in [0.2, 0.25) is 0 Å². The molecule has 0 aliphatic carbocycles. The van der Waals surface area contributed by atoms with Crippen LogP contribution in [0, 0.1) is 0 Å². The Balaban J connectivity index is 2.15. The van der Waals surface area contributed by atoms with Crippen molar-refractivity contribution in [2.45, 2.75) is 6.18 Å². The molecule has 2 rings (SSSR count). The van der Waals surface area contributed by atoms with E-state index in [0.717, 1.165) is 0 Å². The molecule has 0 saturated heterocycles. The number of halogens is 3. The van der Waals surface area contributed by atoms with Gasteiger partial charge in [-0.1, -0.05) is 6.07 Å². The zero-order valence-corrected chi connectivity index (χ0v) is 13.8.